The van der Waals surface area contributed by atoms with Crippen LogP contribution in [-0.2, 0) is 19.5 Å². The van der Waals surface area contributed by atoms with Crippen LogP contribution in [0.2, 0.25) is 0 Å². The normalized spacial score (nSPS) is 29.0. The van der Waals surface area contributed by atoms with Gasteiger partial charge in [-0.15, -0.1) is 0 Å². The molecule has 0 bridgehead atoms. The molecule has 0 aromatic carbocycles. The monoisotopic (exact) mass is 233 g/mol. The van der Waals surface area contributed by atoms with Gasteiger partial charge in [0.25, 0.3) is 0 Å². The number of imidazole rings is 1. The highest BCUT2D eigenvalue weighted by molar-refractivity contribution is 5.16. The van der Waals surface area contributed by atoms with Crippen molar-refractivity contribution >= 4 is 0 Å². The number of nitrogens with one attached hydrogen (secondary N) is 1. The Morgan fingerprint density at radius 3 is 3.18 bits per heavy atom. The second-order valence-corrected chi connectivity index (χ2v) is 5.74. The molecule has 2 heterocycles. The van der Waals surface area contributed by atoms with Crippen molar-refractivity contribution in [1.29, 1.82) is 0 Å². The SMILES string of the molecule is CC1CCCCC1Cn1cnc2c1CCNC2. The fourth-order valence-corrected chi connectivity index (χ4v) is 3.37. The van der Waals surface area contributed by atoms with E-state index < -0.39 is 0 Å². The van der Waals surface area contributed by atoms with Gasteiger partial charge in [-0.25, -0.2) is 4.98 Å². The number of aromatic nitrogens is 2. The summed E-state index contributed by atoms with van der Waals surface area (Å²) in [5.41, 5.74) is 2.77. The van der Waals surface area contributed by atoms with Crippen LogP contribution in [0, 0.1) is 11.8 Å². The molecule has 3 heteroatoms. The third-order valence-electron chi connectivity index (χ3n) is 4.58. The van der Waals surface area contributed by atoms with Crippen LogP contribution in [0.4, 0.5) is 0 Å². The molecule has 1 aliphatic heterocycles. The van der Waals surface area contributed by atoms with E-state index in [4.69, 9.17) is 0 Å². The van der Waals surface area contributed by atoms with E-state index in [0.717, 1.165) is 31.3 Å². The van der Waals surface area contributed by atoms with Gasteiger partial charge in [0.1, 0.15) is 0 Å². The second-order valence-electron chi connectivity index (χ2n) is 5.74. The van der Waals surface area contributed by atoms with Crippen LogP contribution in [-0.4, -0.2) is 16.1 Å². The van der Waals surface area contributed by atoms with Crippen molar-refractivity contribution in [3.8, 4) is 0 Å². The van der Waals surface area contributed by atoms with Crippen LogP contribution < -0.4 is 5.32 Å². The first kappa shape index (κ1) is 11.3. The lowest BCUT2D eigenvalue weighted by molar-refractivity contribution is 0.226. The average Bonchev–Trinajstić information content (AvgIpc) is 2.76. The molecule has 0 amide bonds. The summed E-state index contributed by atoms with van der Waals surface area (Å²) in [6.07, 6.45) is 8.90. The highest BCUT2D eigenvalue weighted by atomic mass is 15.1. The van der Waals surface area contributed by atoms with Crippen LogP contribution in [0.25, 0.3) is 0 Å². The first-order chi connectivity index (χ1) is 8.34. The first-order valence-electron chi connectivity index (χ1n) is 7.08. The summed E-state index contributed by atoms with van der Waals surface area (Å²) in [6.45, 7) is 5.69. The van der Waals surface area contributed by atoms with Crippen molar-refractivity contribution in [3.63, 3.8) is 0 Å². The Morgan fingerprint density at radius 1 is 1.41 bits per heavy atom. The predicted octanol–water partition coefficient (Wildman–Crippen LogP) is 2.36. The lowest BCUT2D eigenvalue weighted by Gasteiger charge is -2.29. The van der Waals surface area contributed by atoms with Crippen molar-refractivity contribution < 1.29 is 0 Å². The molecule has 1 N–H and O–H groups in total. The van der Waals surface area contributed by atoms with Crippen LogP contribution in [0.1, 0.15) is 44.0 Å². The molecule has 1 aromatic rings. The second kappa shape index (κ2) is 4.81. The summed E-state index contributed by atoms with van der Waals surface area (Å²) in [6, 6.07) is 0. The third-order valence-corrected chi connectivity index (χ3v) is 4.58. The summed E-state index contributed by atoms with van der Waals surface area (Å²) >= 11 is 0. The molecule has 2 atom stereocenters. The molecule has 1 aromatic heterocycles. The summed E-state index contributed by atoms with van der Waals surface area (Å²) in [5.74, 6) is 1.76. The van der Waals surface area contributed by atoms with Crippen LogP contribution in [0.15, 0.2) is 6.33 Å². The summed E-state index contributed by atoms with van der Waals surface area (Å²) in [4.78, 5) is 4.55. The molecule has 1 saturated carbocycles. The van der Waals surface area contributed by atoms with Crippen LogP contribution in [0.5, 0.6) is 0 Å². The standard InChI is InChI=1S/C14H23N3/c1-11-4-2-3-5-12(11)9-17-10-16-13-8-15-7-6-14(13)17/h10-12,15H,2-9H2,1H3. The number of nitrogens with zero attached hydrogens (tertiary/aromatic N) is 2. The molecular formula is C14H23N3. The minimum atomic E-state index is 0.872. The van der Waals surface area contributed by atoms with Crippen LogP contribution >= 0.6 is 0 Å². The Bertz CT molecular complexity index is 383. The Hall–Kier alpha value is -0.830. The summed E-state index contributed by atoms with van der Waals surface area (Å²) in [5, 5.41) is 3.39. The van der Waals surface area contributed by atoms with E-state index in [0.29, 0.717) is 0 Å². The Balaban J connectivity index is 1.73. The Kier molecular flexibility index (Phi) is 3.19. The molecule has 17 heavy (non-hydrogen) atoms. The number of hydrogen-bond acceptors (Lipinski definition) is 2. The highest BCUT2D eigenvalue weighted by Gasteiger charge is 2.23. The lowest BCUT2D eigenvalue weighted by Crippen LogP contribution is -2.27. The quantitative estimate of drug-likeness (QED) is 0.850. The van der Waals surface area contributed by atoms with Crippen molar-refractivity contribution in [2.24, 2.45) is 11.8 Å². The van der Waals surface area contributed by atoms with Gasteiger partial charge in [0.15, 0.2) is 0 Å². The van der Waals surface area contributed by atoms with Crippen molar-refractivity contribution in [3.05, 3.63) is 17.7 Å². The van der Waals surface area contributed by atoms with Gasteiger partial charge < -0.3 is 9.88 Å². The van der Waals surface area contributed by atoms with Gasteiger partial charge in [0, 0.05) is 31.7 Å². The predicted molar refractivity (Wildman–Crippen MR) is 68.8 cm³/mol. The molecule has 2 unspecified atom stereocenters. The van der Waals surface area contributed by atoms with Gasteiger partial charge in [-0.05, 0) is 18.3 Å². The van der Waals surface area contributed by atoms with Crippen molar-refractivity contribution in [2.45, 2.75) is 52.1 Å². The summed E-state index contributed by atoms with van der Waals surface area (Å²) in [7, 11) is 0. The minimum absolute atomic E-state index is 0.872. The van der Waals surface area contributed by atoms with Gasteiger partial charge in [-0.1, -0.05) is 26.2 Å². The van der Waals surface area contributed by atoms with E-state index in [2.05, 4.69) is 28.1 Å². The number of rotatable bonds is 2. The fraction of sp³-hybridized carbons (Fsp3) is 0.786. The molecule has 0 radical (unpaired) electrons. The zero-order valence-corrected chi connectivity index (χ0v) is 10.8. The molecule has 1 fully saturated rings. The lowest BCUT2D eigenvalue weighted by atomic mass is 9.80. The topological polar surface area (TPSA) is 29.9 Å². The van der Waals surface area contributed by atoms with Gasteiger partial charge in [0.2, 0.25) is 0 Å². The van der Waals surface area contributed by atoms with Gasteiger partial charge in [-0.3, -0.25) is 0 Å². The van der Waals surface area contributed by atoms with Crippen molar-refractivity contribution in [2.75, 3.05) is 6.54 Å². The minimum Gasteiger partial charge on any atom is -0.334 e. The maximum absolute atomic E-state index is 4.55. The maximum Gasteiger partial charge on any atom is 0.0952 e. The van der Waals surface area contributed by atoms with E-state index in [-0.39, 0.29) is 0 Å². The maximum atomic E-state index is 4.55. The average molecular weight is 233 g/mol. The molecule has 2 aliphatic rings. The molecule has 0 spiro atoms. The first-order valence-corrected chi connectivity index (χ1v) is 7.08. The Labute approximate surface area is 104 Å². The molecule has 1 aliphatic carbocycles. The third kappa shape index (κ3) is 2.25. The molecule has 3 nitrogen and oxygen atoms in total. The molecule has 94 valence electrons. The van der Waals surface area contributed by atoms with Crippen molar-refractivity contribution in [1.82, 2.24) is 14.9 Å². The van der Waals surface area contributed by atoms with Gasteiger partial charge >= 0.3 is 0 Å². The largest absolute Gasteiger partial charge is 0.334 e. The number of hydrogen-bond donors (Lipinski definition) is 1. The van der Waals surface area contributed by atoms with E-state index in [1.165, 1.54) is 43.6 Å². The smallest absolute Gasteiger partial charge is 0.0952 e. The zero-order chi connectivity index (χ0) is 11.7. The zero-order valence-electron chi connectivity index (χ0n) is 10.8. The van der Waals surface area contributed by atoms with E-state index in [1.54, 1.807) is 0 Å². The van der Waals surface area contributed by atoms with E-state index in [1.807, 2.05) is 0 Å². The van der Waals surface area contributed by atoms with Gasteiger partial charge in [0.05, 0.1) is 12.0 Å². The number of fused-ring (bicyclic) bond motifs is 1. The van der Waals surface area contributed by atoms with E-state index in [9.17, 15) is 0 Å². The van der Waals surface area contributed by atoms with E-state index >= 15 is 0 Å². The van der Waals surface area contributed by atoms with Gasteiger partial charge in [-0.2, -0.15) is 0 Å². The highest BCUT2D eigenvalue weighted by Crippen LogP contribution is 2.31. The van der Waals surface area contributed by atoms with Crippen LogP contribution in [0.3, 0.4) is 0 Å². The molecular weight excluding hydrogens is 210 g/mol. The molecule has 0 saturated heterocycles. The summed E-state index contributed by atoms with van der Waals surface area (Å²) < 4.78 is 2.43. The molecule has 3 rings (SSSR count). The Morgan fingerprint density at radius 2 is 2.29 bits per heavy atom. The fourth-order valence-electron chi connectivity index (χ4n) is 3.37.